The average molecular weight is 240 g/mol. The fraction of sp³-hybridized carbons (Fsp3) is 0. The number of benzene rings is 1. The number of nitro groups is 1. The topological polar surface area (TPSA) is 43.1 Å². The fourth-order valence-corrected chi connectivity index (χ4v) is 2.27. The molecule has 2 aromatic rings. The molecular weight excluding hydrogens is 234 g/mol. The van der Waals surface area contributed by atoms with Crippen LogP contribution in [0.1, 0.15) is 0 Å². The highest BCUT2D eigenvalue weighted by Crippen LogP contribution is 2.31. The van der Waals surface area contributed by atoms with Gasteiger partial charge in [0.05, 0.1) is 9.26 Å². The maximum Gasteiger partial charge on any atom is 0.269 e. The second-order valence-corrected chi connectivity index (χ2v) is 4.62. The maximum atomic E-state index is 10.4. The highest BCUT2D eigenvalue weighted by molar-refractivity contribution is 7.19. The fourth-order valence-electron chi connectivity index (χ4n) is 1.22. The van der Waals surface area contributed by atoms with E-state index in [2.05, 4.69) is 0 Å². The lowest BCUT2D eigenvalue weighted by atomic mass is 10.2. The van der Waals surface area contributed by atoms with Gasteiger partial charge in [0.2, 0.25) is 0 Å². The Hall–Kier alpha value is -1.39. The highest BCUT2D eigenvalue weighted by Gasteiger charge is 2.06. The minimum atomic E-state index is -0.412. The van der Waals surface area contributed by atoms with Crippen LogP contribution in [0.3, 0.4) is 0 Å². The summed E-state index contributed by atoms with van der Waals surface area (Å²) in [6.07, 6.45) is 0. The monoisotopic (exact) mass is 239 g/mol. The van der Waals surface area contributed by atoms with Crippen molar-refractivity contribution in [2.24, 2.45) is 0 Å². The highest BCUT2D eigenvalue weighted by atomic mass is 35.5. The summed E-state index contributed by atoms with van der Waals surface area (Å²) in [5, 5.41) is 10.4. The molecule has 15 heavy (non-hydrogen) atoms. The molecule has 0 atom stereocenters. The molecule has 0 aliphatic heterocycles. The quantitative estimate of drug-likeness (QED) is 0.588. The van der Waals surface area contributed by atoms with Crippen molar-refractivity contribution in [3.8, 4) is 10.4 Å². The molecule has 0 amide bonds. The van der Waals surface area contributed by atoms with Crippen LogP contribution in [0.5, 0.6) is 0 Å². The Morgan fingerprint density at radius 3 is 2.27 bits per heavy atom. The molecule has 3 nitrogen and oxygen atoms in total. The molecule has 1 heterocycles. The van der Waals surface area contributed by atoms with Crippen LogP contribution in [0.2, 0.25) is 4.34 Å². The molecule has 0 aliphatic rings. The van der Waals surface area contributed by atoms with E-state index < -0.39 is 4.92 Å². The van der Waals surface area contributed by atoms with Crippen LogP contribution in [-0.2, 0) is 0 Å². The van der Waals surface area contributed by atoms with Crippen molar-refractivity contribution in [1.82, 2.24) is 0 Å². The second kappa shape index (κ2) is 4.00. The SMILES string of the molecule is O=[N+]([O-])c1ccc(-c2ccc(Cl)s2)cc1. The number of nitrogens with zero attached hydrogens (tertiary/aromatic N) is 1. The number of rotatable bonds is 2. The van der Waals surface area contributed by atoms with E-state index in [-0.39, 0.29) is 5.69 Å². The van der Waals surface area contributed by atoms with E-state index in [4.69, 9.17) is 11.6 Å². The van der Waals surface area contributed by atoms with E-state index >= 15 is 0 Å². The Bertz CT molecular complexity index is 492. The summed E-state index contributed by atoms with van der Waals surface area (Å²) in [7, 11) is 0. The van der Waals surface area contributed by atoms with Crippen molar-refractivity contribution in [2.45, 2.75) is 0 Å². The van der Waals surface area contributed by atoms with Gasteiger partial charge in [-0.05, 0) is 29.8 Å². The van der Waals surface area contributed by atoms with Crippen LogP contribution in [-0.4, -0.2) is 4.92 Å². The van der Waals surface area contributed by atoms with Gasteiger partial charge in [0.15, 0.2) is 0 Å². The van der Waals surface area contributed by atoms with Crippen molar-refractivity contribution < 1.29 is 4.92 Å². The van der Waals surface area contributed by atoms with Crippen LogP contribution in [0.4, 0.5) is 5.69 Å². The molecule has 1 aromatic heterocycles. The zero-order valence-electron chi connectivity index (χ0n) is 7.51. The van der Waals surface area contributed by atoms with Crippen molar-refractivity contribution in [2.75, 3.05) is 0 Å². The average Bonchev–Trinajstić information content (AvgIpc) is 2.65. The predicted molar refractivity (Wildman–Crippen MR) is 61.4 cm³/mol. The molecule has 0 aliphatic carbocycles. The molecule has 0 bridgehead atoms. The molecule has 1 aromatic carbocycles. The first-order chi connectivity index (χ1) is 7.16. The Labute approximate surface area is 95.1 Å². The van der Waals surface area contributed by atoms with Crippen LogP contribution >= 0.6 is 22.9 Å². The van der Waals surface area contributed by atoms with Crippen LogP contribution in [0.25, 0.3) is 10.4 Å². The number of nitro benzene ring substituents is 1. The minimum Gasteiger partial charge on any atom is -0.258 e. The van der Waals surface area contributed by atoms with Gasteiger partial charge in [-0.2, -0.15) is 0 Å². The summed E-state index contributed by atoms with van der Waals surface area (Å²) < 4.78 is 0.711. The minimum absolute atomic E-state index is 0.0985. The van der Waals surface area contributed by atoms with E-state index in [0.717, 1.165) is 10.4 Å². The first-order valence-electron chi connectivity index (χ1n) is 4.17. The summed E-state index contributed by atoms with van der Waals surface area (Å²) in [5.41, 5.74) is 1.04. The van der Waals surface area contributed by atoms with Gasteiger partial charge < -0.3 is 0 Å². The first-order valence-corrected chi connectivity index (χ1v) is 5.36. The molecule has 5 heteroatoms. The van der Waals surface area contributed by atoms with Gasteiger partial charge >= 0.3 is 0 Å². The van der Waals surface area contributed by atoms with E-state index in [9.17, 15) is 10.1 Å². The first kappa shape index (κ1) is 10.1. The number of hydrogen-bond acceptors (Lipinski definition) is 3. The summed E-state index contributed by atoms with van der Waals surface area (Å²) in [6, 6.07) is 10.1. The molecule has 0 radical (unpaired) electrons. The van der Waals surface area contributed by atoms with Gasteiger partial charge in [-0.1, -0.05) is 11.6 Å². The van der Waals surface area contributed by atoms with Crippen molar-refractivity contribution >= 4 is 28.6 Å². The molecule has 0 N–H and O–H groups in total. The van der Waals surface area contributed by atoms with Crippen LogP contribution < -0.4 is 0 Å². The van der Waals surface area contributed by atoms with Crippen LogP contribution in [0, 0.1) is 10.1 Å². The summed E-state index contributed by atoms with van der Waals surface area (Å²) in [5.74, 6) is 0. The van der Waals surface area contributed by atoms with Gasteiger partial charge in [-0.25, -0.2) is 0 Å². The van der Waals surface area contributed by atoms with E-state index in [0.29, 0.717) is 4.34 Å². The van der Waals surface area contributed by atoms with Gasteiger partial charge in [0.1, 0.15) is 0 Å². The van der Waals surface area contributed by atoms with Gasteiger partial charge in [0, 0.05) is 17.0 Å². The normalized spacial score (nSPS) is 10.2. The third kappa shape index (κ3) is 2.16. The van der Waals surface area contributed by atoms with Crippen molar-refractivity contribution in [3.05, 3.63) is 50.8 Å². The van der Waals surface area contributed by atoms with Gasteiger partial charge in [-0.3, -0.25) is 10.1 Å². The largest absolute Gasteiger partial charge is 0.269 e. The van der Waals surface area contributed by atoms with Gasteiger partial charge in [0.25, 0.3) is 5.69 Å². The molecule has 76 valence electrons. The molecule has 0 fully saturated rings. The molecule has 0 spiro atoms. The smallest absolute Gasteiger partial charge is 0.258 e. The predicted octanol–water partition coefficient (Wildman–Crippen LogP) is 3.98. The maximum absolute atomic E-state index is 10.4. The third-order valence-electron chi connectivity index (χ3n) is 1.94. The van der Waals surface area contributed by atoms with Crippen LogP contribution in [0.15, 0.2) is 36.4 Å². The van der Waals surface area contributed by atoms with Crippen molar-refractivity contribution in [1.29, 1.82) is 0 Å². The Kier molecular flexibility index (Phi) is 2.70. The zero-order valence-corrected chi connectivity index (χ0v) is 9.09. The van der Waals surface area contributed by atoms with E-state index in [1.165, 1.54) is 23.5 Å². The molecule has 0 saturated carbocycles. The number of halogens is 1. The second-order valence-electron chi connectivity index (χ2n) is 2.91. The molecular formula is C10H6ClNO2S. The Morgan fingerprint density at radius 2 is 1.80 bits per heavy atom. The molecule has 0 saturated heterocycles. The molecule has 2 rings (SSSR count). The summed E-state index contributed by atoms with van der Waals surface area (Å²) >= 11 is 7.25. The Balaban J connectivity index is 2.35. The lowest BCUT2D eigenvalue weighted by Crippen LogP contribution is -1.86. The van der Waals surface area contributed by atoms with E-state index in [1.807, 2.05) is 12.1 Å². The summed E-state index contributed by atoms with van der Waals surface area (Å²) in [4.78, 5) is 11.0. The van der Waals surface area contributed by atoms with E-state index in [1.54, 1.807) is 12.1 Å². The summed E-state index contributed by atoms with van der Waals surface area (Å²) in [6.45, 7) is 0. The van der Waals surface area contributed by atoms with Gasteiger partial charge in [-0.15, -0.1) is 11.3 Å². The zero-order chi connectivity index (χ0) is 10.8. The standard InChI is InChI=1S/C10H6ClNO2S/c11-10-6-5-9(15-10)7-1-3-8(4-2-7)12(13)14/h1-6H. The number of non-ortho nitro benzene ring substituents is 1. The lowest BCUT2D eigenvalue weighted by Gasteiger charge is -1.95. The lowest BCUT2D eigenvalue weighted by molar-refractivity contribution is -0.384. The third-order valence-corrected chi connectivity index (χ3v) is 3.22. The van der Waals surface area contributed by atoms with Crippen molar-refractivity contribution in [3.63, 3.8) is 0 Å². The number of thiophene rings is 1. The number of hydrogen-bond donors (Lipinski definition) is 0. The molecule has 0 unspecified atom stereocenters. The Morgan fingerprint density at radius 1 is 1.13 bits per heavy atom.